The second kappa shape index (κ2) is 4.84. The molecule has 0 fully saturated rings. The van der Waals surface area contributed by atoms with Crippen molar-refractivity contribution in [3.63, 3.8) is 0 Å². The van der Waals surface area contributed by atoms with Crippen LogP contribution in [0.25, 0.3) is 11.3 Å². The maximum Gasteiger partial charge on any atom is 0.417 e. The Morgan fingerprint density at radius 3 is 2.11 bits per heavy atom. The number of nitrogens with zero attached hydrogens (tertiary/aromatic N) is 1. The fourth-order valence-corrected chi connectivity index (χ4v) is 1.64. The molecule has 1 aromatic carbocycles. The third-order valence-corrected chi connectivity index (χ3v) is 2.75. The van der Waals surface area contributed by atoms with Gasteiger partial charge in [0.25, 0.3) is 0 Å². The highest BCUT2D eigenvalue weighted by Crippen LogP contribution is 2.29. The van der Waals surface area contributed by atoms with Crippen LogP contribution in [-0.2, 0) is 12.5 Å². The van der Waals surface area contributed by atoms with E-state index in [-0.39, 0.29) is 0 Å². The average Bonchev–Trinajstić information content (AvgIpc) is 2.38. The molecule has 2 rings (SSSR count). The summed E-state index contributed by atoms with van der Waals surface area (Å²) in [6.45, 7) is 0. The minimum atomic E-state index is -4.34. The van der Waals surface area contributed by atoms with E-state index in [0.717, 1.165) is 24.1 Å². The van der Waals surface area contributed by atoms with Gasteiger partial charge in [-0.3, -0.25) is 4.98 Å². The van der Waals surface area contributed by atoms with E-state index in [1.807, 2.05) is 32.1 Å². The normalized spacial score (nSPS) is 11.5. The van der Waals surface area contributed by atoms with E-state index in [1.54, 1.807) is 0 Å². The molecule has 0 saturated carbocycles. The van der Waals surface area contributed by atoms with Crippen molar-refractivity contribution in [3.8, 4) is 11.3 Å². The van der Waals surface area contributed by atoms with Gasteiger partial charge in [-0.25, -0.2) is 0 Å². The van der Waals surface area contributed by atoms with Gasteiger partial charge < -0.3 is 0 Å². The molecule has 5 heteroatoms. The Morgan fingerprint density at radius 1 is 1.00 bits per heavy atom. The SMILES string of the molecule is BCc1ccc(-c2ccc(C(F)(F)F)cn2)cc1. The summed E-state index contributed by atoms with van der Waals surface area (Å²) in [4.78, 5) is 3.85. The van der Waals surface area contributed by atoms with Gasteiger partial charge in [-0.05, 0) is 12.1 Å². The smallest absolute Gasteiger partial charge is 0.256 e. The van der Waals surface area contributed by atoms with E-state index in [2.05, 4.69) is 4.98 Å². The summed E-state index contributed by atoms with van der Waals surface area (Å²) in [5.41, 5.74) is 1.83. The quantitative estimate of drug-likeness (QED) is 0.745. The Labute approximate surface area is 104 Å². The van der Waals surface area contributed by atoms with Crippen LogP contribution in [0.2, 0.25) is 0 Å². The van der Waals surface area contributed by atoms with Crippen molar-refractivity contribution in [3.05, 3.63) is 53.7 Å². The molecular formula is C13H11BF3N. The average molecular weight is 249 g/mol. The summed E-state index contributed by atoms with van der Waals surface area (Å²) < 4.78 is 37.1. The Hall–Kier alpha value is -1.78. The van der Waals surface area contributed by atoms with Gasteiger partial charge >= 0.3 is 6.18 Å². The van der Waals surface area contributed by atoms with E-state index < -0.39 is 11.7 Å². The van der Waals surface area contributed by atoms with E-state index in [1.165, 1.54) is 11.6 Å². The Bertz CT molecular complexity index is 517. The first-order chi connectivity index (χ1) is 8.50. The zero-order valence-corrected chi connectivity index (χ0v) is 9.83. The topological polar surface area (TPSA) is 12.9 Å². The zero-order chi connectivity index (χ0) is 13.2. The van der Waals surface area contributed by atoms with E-state index >= 15 is 0 Å². The molecule has 0 N–H and O–H groups in total. The molecule has 0 atom stereocenters. The first-order valence-electron chi connectivity index (χ1n) is 5.63. The molecular weight excluding hydrogens is 238 g/mol. The molecule has 1 nitrogen and oxygen atoms in total. The number of alkyl halides is 3. The minimum absolute atomic E-state index is 0.547. The molecule has 0 bridgehead atoms. The summed E-state index contributed by atoms with van der Waals surface area (Å²) in [6, 6.07) is 10.1. The first kappa shape index (κ1) is 12.7. The summed E-state index contributed by atoms with van der Waals surface area (Å²) in [7, 11) is 2.05. The van der Waals surface area contributed by atoms with Gasteiger partial charge in [0, 0.05) is 11.8 Å². The van der Waals surface area contributed by atoms with Crippen molar-refractivity contribution >= 4 is 7.85 Å². The second-order valence-electron chi connectivity index (χ2n) is 3.98. The lowest BCUT2D eigenvalue weighted by Crippen LogP contribution is -2.05. The Morgan fingerprint density at radius 2 is 1.67 bits per heavy atom. The van der Waals surface area contributed by atoms with Gasteiger partial charge in [0.1, 0.15) is 7.85 Å². The highest BCUT2D eigenvalue weighted by Gasteiger charge is 2.30. The molecule has 0 saturated heterocycles. The lowest BCUT2D eigenvalue weighted by Gasteiger charge is -2.07. The first-order valence-corrected chi connectivity index (χ1v) is 5.63. The number of benzene rings is 1. The molecule has 1 heterocycles. The largest absolute Gasteiger partial charge is 0.417 e. The monoisotopic (exact) mass is 249 g/mol. The molecule has 2 aromatic rings. The van der Waals surface area contributed by atoms with Crippen LogP contribution >= 0.6 is 0 Å². The third-order valence-electron chi connectivity index (χ3n) is 2.75. The van der Waals surface area contributed by atoms with Gasteiger partial charge in [-0.15, -0.1) is 0 Å². The summed E-state index contributed by atoms with van der Waals surface area (Å²) in [5, 5.41) is 0. The summed E-state index contributed by atoms with van der Waals surface area (Å²) in [6.07, 6.45) is -2.54. The molecule has 18 heavy (non-hydrogen) atoms. The van der Waals surface area contributed by atoms with Crippen LogP contribution in [0, 0.1) is 0 Å². The lowest BCUT2D eigenvalue weighted by molar-refractivity contribution is -0.137. The van der Waals surface area contributed by atoms with Gasteiger partial charge in [-0.2, -0.15) is 13.2 Å². The Balaban J connectivity index is 2.28. The number of rotatable bonds is 2. The van der Waals surface area contributed by atoms with Crippen LogP contribution in [0.1, 0.15) is 11.1 Å². The minimum Gasteiger partial charge on any atom is -0.256 e. The van der Waals surface area contributed by atoms with Crippen LogP contribution in [0.15, 0.2) is 42.6 Å². The maximum absolute atomic E-state index is 12.4. The van der Waals surface area contributed by atoms with Crippen LogP contribution in [0.3, 0.4) is 0 Å². The van der Waals surface area contributed by atoms with E-state index in [9.17, 15) is 13.2 Å². The van der Waals surface area contributed by atoms with Crippen LogP contribution < -0.4 is 0 Å². The number of halogens is 3. The van der Waals surface area contributed by atoms with Gasteiger partial charge in [0.2, 0.25) is 0 Å². The maximum atomic E-state index is 12.4. The third kappa shape index (κ3) is 2.72. The zero-order valence-electron chi connectivity index (χ0n) is 9.83. The van der Waals surface area contributed by atoms with Crippen molar-refractivity contribution in [1.29, 1.82) is 0 Å². The predicted octanol–water partition coefficient (Wildman–Crippen LogP) is 2.90. The second-order valence-corrected chi connectivity index (χ2v) is 3.98. The van der Waals surface area contributed by atoms with Crippen molar-refractivity contribution in [1.82, 2.24) is 4.98 Å². The molecule has 0 aliphatic heterocycles. The number of aromatic nitrogens is 1. The molecule has 1 aromatic heterocycles. The van der Waals surface area contributed by atoms with Gasteiger partial charge in [0.05, 0.1) is 11.3 Å². The van der Waals surface area contributed by atoms with E-state index in [0.29, 0.717) is 5.69 Å². The fraction of sp³-hybridized carbons (Fsp3) is 0.154. The van der Waals surface area contributed by atoms with Crippen LogP contribution in [0.4, 0.5) is 13.2 Å². The number of hydrogen-bond acceptors (Lipinski definition) is 1. The van der Waals surface area contributed by atoms with Gasteiger partial charge in [0.15, 0.2) is 0 Å². The molecule has 0 spiro atoms. The molecule has 0 radical (unpaired) electrons. The molecule has 0 unspecified atom stereocenters. The van der Waals surface area contributed by atoms with Crippen LogP contribution in [-0.4, -0.2) is 12.8 Å². The summed E-state index contributed by atoms with van der Waals surface area (Å²) >= 11 is 0. The van der Waals surface area contributed by atoms with Crippen molar-refractivity contribution in [2.75, 3.05) is 0 Å². The van der Waals surface area contributed by atoms with Crippen molar-refractivity contribution in [2.45, 2.75) is 12.5 Å². The molecule has 0 aliphatic rings. The fourth-order valence-electron chi connectivity index (χ4n) is 1.64. The van der Waals surface area contributed by atoms with Gasteiger partial charge in [-0.1, -0.05) is 36.1 Å². The predicted molar refractivity (Wildman–Crippen MR) is 66.9 cm³/mol. The number of pyridine rings is 1. The molecule has 0 amide bonds. The van der Waals surface area contributed by atoms with Crippen LogP contribution in [0.5, 0.6) is 0 Å². The van der Waals surface area contributed by atoms with Crippen molar-refractivity contribution < 1.29 is 13.2 Å². The van der Waals surface area contributed by atoms with Crippen molar-refractivity contribution in [2.24, 2.45) is 0 Å². The highest BCUT2D eigenvalue weighted by molar-refractivity contribution is 6.08. The Kier molecular flexibility index (Phi) is 3.41. The number of hydrogen-bond donors (Lipinski definition) is 0. The lowest BCUT2D eigenvalue weighted by atomic mass is 9.96. The van der Waals surface area contributed by atoms with E-state index in [4.69, 9.17) is 0 Å². The standard InChI is InChI=1S/C13H11BF3N/c14-7-9-1-3-10(4-2-9)12-6-5-11(8-18-12)13(15,16)17/h1-6,8H,7,14H2. The summed E-state index contributed by atoms with van der Waals surface area (Å²) in [5.74, 6) is 0. The molecule has 92 valence electrons. The molecule has 0 aliphatic carbocycles. The highest BCUT2D eigenvalue weighted by atomic mass is 19.4.